The van der Waals surface area contributed by atoms with Gasteiger partial charge in [0.15, 0.2) is 0 Å². The number of benzene rings is 3. The van der Waals surface area contributed by atoms with Crippen LogP contribution in [0.25, 0.3) is 32.7 Å². The summed E-state index contributed by atoms with van der Waals surface area (Å²) in [6.45, 7) is 8.95. The van der Waals surface area contributed by atoms with E-state index in [0.717, 1.165) is 6.42 Å². The van der Waals surface area contributed by atoms with Crippen LogP contribution in [0.5, 0.6) is 0 Å². The maximum absolute atomic E-state index is 2.32. The molecule has 0 spiro atoms. The van der Waals surface area contributed by atoms with Gasteiger partial charge < -0.3 is 24.8 Å². The molecule has 0 aliphatic carbocycles. The zero-order valence-electron chi connectivity index (χ0n) is 19.7. The summed E-state index contributed by atoms with van der Waals surface area (Å²) in [5, 5.41) is 5.42. The molecule has 0 aliphatic rings. The van der Waals surface area contributed by atoms with Crippen LogP contribution in [0.1, 0.15) is 18.1 Å². The van der Waals surface area contributed by atoms with Gasteiger partial charge in [-0.3, -0.25) is 0 Å². The third-order valence-electron chi connectivity index (χ3n) is 5.07. The molecule has 170 valence electrons. The summed E-state index contributed by atoms with van der Waals surface area (Å²) >= 11 is 1.74. The van der Waals surface area contributed by atoms with E-state index in [1.165, 1.54) is 43.8 Å². The predicted octanol–water partition coefficient (Wildman–Crippen LogP) is 2.45. The van der Waals surface area contributed by atoms with Crippen molar-refractivity contribution >= 4 is 27.0 Å². The third-order valence-corrected chi connectivity index (χ3v) is 5.07. The maximum atomic E-state index is 2.32. The van der Waals surface area contributed by atoms with Crippen molar-refractivity contribution < 1.29 is 48.1 Å². The number of hydrogen-bond donors (Lipinski definition) is 0. The van der Waals surface area contributed by atoms with Crippen LogP contribution in [-0.4, -0.2) is 5.43 Å². The first kappa shape index (κ1) is 29.6. The van der Waals surface area contributed by atoms with Crippen molar-refractivity contribution in [3.05, 3.63) is 108 Å². The van der Waals surface area contributed by atoms with Crippen LogP contribution in [0.4, 0.5) is 0 Å². The first-order valence-corrected chi connectivity index (χ1v) is 17.0. The predicted molar refractivity (Wildman–Crippen MR) is 136 cm³/mol. The third kappa shape index (κ3) is 8.69. The molecule has 33 heavy (non-hydrogen) atoms. The molecule has 0 aliphatic heterocycles. The van der Waals surface area contributed by atoms with Gasteiger partial charge in [0.05, 0.1) is 0 Å². The van der Waals surface area contributed by atoms with E-state index in [4.69, 9.17) is 0 Å². The number of halogens is 2. The van der Waals surface area contributed by atoms with Crippen molar-refractivity contribution in [2.45, 2.75) is 33.4 Å². The molecule has 0 fully saturated rings. The Kier molecular flexibility index (Phi) is 13.2. The first-order valence-electron chi connectivity index (χ1n) is 10.9. The Morgan fingerprint density at radius 1 is 0.758 bits per heavy atom. The molecule has 0 atom stereocenters. The summed E-state index contributed by atoms with van der Waals surface area (Å²) < 4.78 is 0. The van der Waals surface area contributed by atoms with Gasteiger partial charge in [-0.2, -0.15) is 12.1 Å². The van der Waals surface area contributed by atoms with Crippen molar-refractivity contribution in [2.75, 3.05) is 0 Å². The molecule has 0 radical (unpaired) electrons. The van der Waals surface area contributed by atoms with Crippen LogP contribution in [0, 0.1) is 6.92 Å². The minimum Gasteiger partial charge on any atom is -1.00 e. The molecule has 0 bridgehead atoms. The summed E-state index contributed by atoms with van der Waals surface area (Å²) in [6, 6.07) is 34.6. The largest absolute Gasteiger partial charge is 1.00 e. The molecule has 0 saturated heterocycles. The van der Waals surface area contributed by atoms with E-state index in [1.807, 2.05) is 0 Å². The smallest absolute Gasteiger partial charge is 0.0579 e. The summed E-state index contributed by atoms with van der Waals surface area (Å²) in [7, 11) is 0. The summed E-state index contributed by atoms with van der Waals surface area (Å²) in [5.74, 6) is 0. The molecular formula is C29H30Cl2SiZr-2. The van der Waals surface area contributed by atoms with E-state index >= 15 is 0 Å². The Bertz CT molecular complexity index is 1230. The van der Waals surface area contributed by atoms with Crippen LogP contribution in [0.3, 0.4) is 0 Å². The van der Waals surface area contributed by atoms with Gasteiger partial charge in [0.1, 0.15) is 0 Å². The average molecular weight is 569 g/mol. The summed E-state index contributed by atoms with van der Waals surface area (Å²) in [4.78, 5) is 0. The van der Waals surface area contributed by atoms with Crippen LogP contribution in [-0.2, 0) is 29.8 Å². The minimum atomic E-state index is 0. The van der Waals surface area contributed by atoms with Gasteiger partial charge in [0.2, 0.25) is 0 Å². The van der Waals surface area contributed by atoms with E-state index in [-0.39, 0.29) is 30.2 Å². The Morgan fingerprint density at radius 3 is 2.00 bits per heavy atom. The van der Waals surface area contributed by atoms with Crippen molar-refractivity contribution in [1.82, 2.24) is 0 Å². The number of hydrogen-bond acceptors (Lipinski definition) is 0. The average Bonchev–Trinajstić information content (AvgIpc) is 3.36. The summed E-state index contributed by atoms with van der Waals surface area (Å²) in [6.07, 6.45) is 1.10. The van der Waals surface area contributed by atoms with Gasteiger partial charge in [-0.15, -0.1) is 75.1 Å². The molecule has 4 heteroatoms. The number of rotatable bonds is 2. The first-order chi connectivity index (χ1) is 15.0. The van der Waals surface area contributed by atoms with Crippen molar-refractivity contribution in [3.63, 3.8) is 0 Å². The van der Waals surface area contributed by atoms with Gasteiger partial charge in [0.25, 0.3) is 0 Å². The molecule has 0 aromatic heterocycles. The Hall–Kier alpha value is -1.44. The molecule has 0 nitrogen and oxygen atoms in total. The van der Waals surface area contributed by atoms with Gasteiger partial charge in [-0.05, 0) is 12.0 Å². The summed E-state index contributed by atoms with van der Waals surface area (Å²) in [5.41, 5.74) is 5.61. The van der Waals surface area contributed by atoms with E-state index in [2.05, 4.69) is 124 Å². The van der Waals surface area contributed by atoms with Crippen molar-refractivity contribution in [2.24, 2.45) is 0 Å². The second-order valence-corrected chi connectivity index (χ2v) is 17.4. The van der Waals surface area contributed by atoms with Gasteiger partial charge in [-0.25, -0.2) is 0 Å². The topological polar surface area (TPSA) is 0 Å². The van der Waals surface area contributed by atoms with E-state index in [9.17, 15) is 0 Å². The van der Waals surface area contributed by atoms with Gasteiger partial charge in [-0.1, -0.05) is 61.9 Å². The standard InChI is InChI=1S/C17H15.C10H9.C2H6Si.2ClH.Zr/c1-2-13-11-15-9-6-10-16(17(15)12-13)14-7-4-3-5-8-14;1-8-6-9-4-2-3-5-10(9)7-8;1-3-2;;;/h3-12H,2H2,1H3;2-7H,1H3;1-2H3;2*1H;/q2*-1;;;;+2/p-2. The van der Waals surface area contributed by atoms with E-state index < -0.39 is 0 Å². The van der Waals surface area contributed by atoms with Crippen LogP contribution in [0.2, 0.25) is 13.1 Å². The molecule has 0 unspecified atom stereocenters. The molecule has 5 aromatic rings. The molecule has 0 saturated carbocycles. The zero-order valence-corrected chi connectivity index (χ0v) is 24.7. The fourth-order valence-electron chi connectivity index (χ4n) is 3.68. The number of fused-ring (bicyclic) bond motifs is 2. The minimum absolute atomic E-state index is 0. The van der Waals surface area contributed by atoms with Crippen LogP contribution in [0.15, 0.2) is 97.1 Å². The fraction of sp³-hybridized carbons (Fsp3) is 0.172. The SMILES string of the molecule is CCc1cc2c(-c3ccccc3)cccc2[cH-]1.C[Si](C)=[Zr+2].Cc1cc2ccccc2[cH-]1.[Cl-].[Cl-]. The monoisotopic (exact) mass is 566 g/mol. The molecule has 5 rings (SSSR count). The Balaban J connectivity index is 0.000000292. The van der Waals surface area contributed by atoms with Gasteiger partial charge >= 0.3 is 41.9 Å². The van der Waals surface area contributed by atoms with Crippen molar-refractivity contribution in [3.8, 4) is 11.1 Å². The molecular weight excluding hydrogens is 539 g/mol. The zero-order chi connectivity index (χ0) is 22.2. The normalized spacial score (nSPS) is 9.64. The van der Waals surface area contributed by atoms with Gasteiger partial charge in [0, 0.05) is 0 Å². The fourth-order valence-corrected chi connectivity index (χ4v) is 3.68. The molecule has 5 aromatic carbocycles. The van der Waals surface area contributed by atoms with Crippen LogP contribution >= 0.6 is 0 Å². The van der Waals surface area contributed by atoms with E-state index in [1.54, 1.807) is 23.3 Å². The maximum Gasteiger partial charge on any atom is -0.0579 e. The molecule has 0 N–H and O–H groups in total. The number of aryl methyl sites for hydroxylation is 2. The second-order valence-electron chi connectivity index (χ2n) is 8.05. The quantitative estimate of drug-likeness (QED) is 0.227. The van der Waals surface area contributed by atoms with Crippen LogP contribution < -0.4 is 24.8 Å². The Labute approximate surface area is 226 Å². The molecule has 0 heterocycles. The Morgan fingerprint density at radius 2 is 1.36 bits per heavy atom. The van der Waals surface area contributed by atoms with E-state index in [0.29, 0.717) is 0 Å². The molecule has 0 amide bonds. The van der Waals surface area contributed by atoms with Crippen molar-refractivity contribution in [1.29, 1.82) is 0 Å². The second kappa shape index (κ2) is 14.7.